The largest absolute Gasteiger partial charge is 1.00 e. The summed E-state index contributed by atoms with van der Waals surface area (Å²) in [5.74, 6) is 0.568. The molecular weight excluding hydrogens is 555 g/mol. The lowest BCUT2D eigenvalue weighted by molar-refractivity contribution is -0.954. The van der Waals surface area contributed by atoms with Crippen LogP contribution < -0.4 is 29.7 Å². The number of rotatable bonds is 7. The van der Waals surface area contributed by atoms with Gasteiger partial charge in [-0.15, -0.1) is 11.3 Å². The molecule has 0 radical (unpaired) electrons. The lowest BCUT2D eigenvalue weighted by atomic mass is 9.82. The number of Topliss-reactive ketones (excluding diaryl/α,β-unsaturated/α-hetero) is 1. The summed E-state index contributed by atoms with van der Waals surface area (Å²) in [6.07, 6.45) is 8.03. The molecular formula is C25H30ClIN2O2S. The predicted molar refractivity (Wildman–Crippen MR) is 125 cm³/mol. The molecule has 1 aromatic carbocycles. The first kappa shape index (κ1) is 24.2. The Labute approximate surface area is 216 Å². The van der Waals surface area contributed by atoms with Crippen molar-refractivity contribution in [3.8, 4) is 0 Å². The zero-order valence-corrected chi connectivity index (χ0v) is 22.1. The van der Waals surface area contributed by atoms with E-state index in [-0.39, 0.29) is 42.1 Å². The van der Waals surface area contributed by atoms with Crippen LogP contribution in [0, 0.1) is 5.92 Å². The van der Waals surface area contributed by atoms with E-state index in [1.165, 1.54) is 42.7 Å². The number of likely N-dealkylation sites (N-methyl/N-ethyl adjacent to an activating group) is 1. The maximum Gasteiger partial charge on any atom is 0.250 e. The maximum atomic E-state index is 12.9. The van der Waals surface area contributed by atoms with Gasteiger partial charge in [-0.05, 0) is 30.5 Å². The fraction of sp³-hybridized carbons (Fsp3) is 0.520. The summed E-state index contributed by atoms with van der Waals surface area (Å²) in [5, 5.41) is 0.663. The summed E-state index contributed by atoms with van der Waals surface area (Å²) in [6.45, 7) is 1.22. The van der Waals surface area contributed by atoms with Gasteiger partial charge in [0.05, 0.1) is 25.2 Å². The number of benzene rings is 1. The first-order valence-corrected chi connectivity index (χ1v) is 12.6. The Morgan fingerprint density at radius 3 is 2.47 bits per heavy atom. The van der Waals surface area contributed by atoms with Crippen LogP contribution in [0.4, 0.5) is 0 Å². The summed E-state index contributed by atoms with van der Waals surface area (Å²) in [7, 11) is 2.40. The van der Waals surface area contributed by atoms with Crippen LogP contribution in [0.25, 0.3) is 0 Å². The van der Waals surface area contributed by atoms with E-state index in [4.69, 9.17) is 17.3 Å². The second kappa shape index (κ2) is 9.35. The van der Waals surface area contributed by atoms with Gasteiger partial charge in [-0.3, -0.25) is 9.59 Å². The normalized spacial score (nSPS) is 26.2. The molecule has 1 saturated carbocycles. The van der Waals surface area contributed by atoms with Crippen LogP contribution in [0.5, 0.6) is 0 Å². The summed E-state index contributed by atoms with van der Waals surface area (Å²) in [4.78, 5) is 27.6. The van der Waals surface area contributed by atoms with E-state index in [1.807, 2.05) is 12.1 Å². The highest BCUT2D eigenvalue weighted by molar-refractivity contribution is 7.12. The van der Waals surface area contributed by atoms with E-state index < -0.39 is 0 Å². The molecule has 1 unspecified atom stereocenters. The van der Waals surface area contributed by atoms with Crippen LogP contribution in [-0.4, -0.2) is 35.8 Å². The Bertz CT molecular complexity index is 1030. The molecule has 2 fully saturated rings. The quantitative estimate of drug-likeness (QED) is 0.399. The van der Waals surface area contributed by atoms with E-state index in [2.05, 4.69) is 7.05 Å². The molecule has 1 amide bonds. The van der Waals surface area contributed by atoms with Crippen LogP contribution in [0.2, 0.25) is 5.02 Å². The third-order valence-corrected chi connectivity index (χ3v) is 9.44. The topological polar surface area (TPSA) is 60.2 Å². The highest BCUT2D eigenvalue weighted by Crippen LogP contribution is 2.53. The number of nitrogens with zero attached hydrogens (tertiary/aromatic N) is 1. The van der Waals surface area contributed by atoms with Crippen molar-refractivity contribution in [1.82, 2.24) is 0 Å². The van der Waals surface area contributed by atoms with Gasteiger partial charge in [0, 0.05) is 58.4 Å². The Kier molecular flexibility index (Phi) is 7.07. The molecule has 172 valence electrons. The number of amides is 1. The second-order valence-electron chi connectivity index (χ2n) is 9.90. The van der Waals surface area contributed by atoms with E-state index in [1.54, 1.807) is 23.5 Å². The molecule has 3 heterocycles. The van der Waals surface area contributed by atoms with Gasteiger partial charge in [0.15, 0.2) is 0 Å². The van der Waals surface area contributed by atoms with Gasteiger partial charge in [0.25, 0.3) is 0 Å². The summed E-state index contributed by atoms with van der Waals surface area (Å²) >= 11 is 7.62. The Hall–Kier alpha value is -0.960. The van der Waals surface area contributed by atoms with Gasteiger partial charge in [0.2, 0.25) is 5.91 Å². The molecule has 7 heteroatoms. The smallest absolute Gasteiger partial charge is 0.250 e. The maximum absolute atomic E-state index is 12.9. The van der Waals surface area contributed by atoms with Crippen molar-refractivity contribution in [3.63, 3.8) is 0 Å². The average Bonchev–Trinajstić information content (AvgIpc) is 3.11. The first-order valence-electron chi connectivity index (χ1n) is 11.4. The number of halogens is 2. The molecule has 32 heavy (non-hydrogen) atoms. The van der Waals surface area contributed by atoms with Crippen LogP contribution >= 0.6 is 22.9 Å². The predicted octanol–water partition coefficient (Wildman–Crippen LogP) is 1.86. The van der Waals surface area contributed by atoms with Crippen LogP contribution in [0.3, 0.4) is 0 Å². The third kappa shape index (κ3) is 4.28. The third-order valence-electron chi connectivity index (χ3n) is 7.96. The molecule has 1 saturated heterocycles. The Morgan fingerprint density at radius 1 is 1.12 bits per heavy atom. The number of carbonyl (C=O) groups excluding carboxylic acids is 2. The number of primary amides is 1. The number of nitrogens with two attached hydrogens (primary N) is 1. The average molecular weight is 585 g/mol. The molecule has 2 N–H and O–H groups in total. The van der Waals surface area contributed by atoms with E-state index in [0.717, 1.165) is 33.7 Å². The Balaban J connectivity index is 0.00000245. The van der Waals surface area contributed by atoms with E-state index >= 15 is 0 Å². The fourth-order valence-corrected chi connectivity index (χ4v) is 7.77. The fourth-order valence-electron chi connectivity index (χ4n) is 6.18. The number of carbonyl (C=O) groups is 2. The van der Waals surface area contributed by atoms with Gasteiger partial charge in [-0.2, -0.15) is 0 Å². The van der Waals surface area contributed by atoms with Gasteiger partial charge in [-0.25, -0.2) is 0 Å². The zero-order valence-electron chi connectivity index (χ0n) is 18.4. The monoisotopic (exact) mass is 584 g/mol. The van der Waals surface area contributed by atoms with Crippen LogP contribution in [0.15, 0.2) is 24.3 Å². The molecule has 3 atom stereocenters. The van der Waals surface area contributed by atoms with Crippen molar-refractivity contribution in [2.75, 3.05) is 13.6 Å². The highest BCUT2D eigenvalue weighted by atomic mass is 127. The van der Waals surface area contributed by atoms with Crippen molar-refractivity contribution in [2.24, 2.45) is 11.7 Å². The molecule has 5 rings (SSSR count). The van der Waals surface area contributed by atoms with Gasteiger partial charge in [-0.1, -0.05) is 30.2 Å². The second-order valence-corrected chi connectivity index (χ2v) is 11.5. The minimum atomic E-state index is -0.368. The molecule has 1 aromatic heterocycles. The summed E-state index contributed by atoms with van der Waals surface area (Å²) in [6, 6.07) is 8.37. The highest BCUT2D eigenvalue weighted by Gasteiger charge is 2.54. The van der Waals surface area contributed by atoms with Gasteiger partial charge in [0.1, 0.15) is 11.8 Å². The van der Waals surface area contributed by atoms with Crippen molar-refractivity contribution in [2.45, 2.75) is 63.5 Å². The molecule has 2 aromatic rings. The van der Waals surface area contributed by atoms with E-state index in [0.29, 0.717) is 29.1 Å². The summed E-state index contributed by atoms with van der Waals surface area (Å²) in [5.41, 5.74) is 8.71. The molecule has 2 aliphatic heterocycles. The van der Waals surface area contributed by atoms with Crippen LogP contribution in [0.1, 0.15) is 69.4 Å². The van der Waals surface area contributed by atoms with Crippen molar-refractivity contribution in [1.29, 1.82) is 0 Å². The first-order chi connectivity index (χ1) is 14.8. The van der Waals surface area contributed by atoms with Crippen LogP contribution in [-0.2, 0) is 24.1 Å². The lowest BCUT2D eigenvalue weighted by Gasteiger charge is -2.48. The van der Waals surface area contributed by atoms with Crippen molar-refractivity contribution >= 4 is 34.6 Å². The molecule has 2 bridgehead atoms. The zero-order chi connectivity index (χ0) is 21.8. The van der Waals surface area contributed by atoms with Crippen molar-refractivity contribution in [3.05, 3.63) is 55.7 Å². The molecule has 1 aliphatic carbocycles. The lowest BCUT2D eigenvalue weighted by Crippen LogP contribution is -3.00. The Morgan fingerprint density at radius 2 is 1.84 bits per heavy atom. The standard InChI is InChI=1S/C25H29ClN2O2S.HI/c1-28(14-16-3-2-4-16)18-9-10-20(28)23-21(12-18)31-22(24(23)25(27)30)13-19(29)11-15-5-7-17(26)8-6-15;/h5-8,16,18,20H,2-4,9-14H2,1H3,(H-,27,30);1H/t18-,20?,28+;/m1./s1. The van der Waals surface area contributed by atoms with E-state index in [9.17, 15) is 9.59 Å². The number of thiophene rings is 1. The molecule has 4 nitrogen and oxygen atoms in total. The van der Waals surface area contributed by atoms with Crippen molar-refractivity contribution < 1.29 is 38.0 Å². The number of quaternary nitrogens is 1. The summed E-state index contributed by atoms with van der Waals surface area (Å²) < 4.78 is 1.06. The molecule has 3 aliphatic rings. The number of hydrogen-bond acceptors (Lipinski definition) is 3. The SMILES string of the molecule is C[N@@+]1(CC2CCC2)C2CC[C@@H]1Cc1sc(CC(=O)Cc3ccc(Cl)cc3)c(C(N)=O)c12.[I-]. The number of hydrogen-bond donors (Lipinski definition) is 1. The number of fused-ring (bicyclic) bond motifs is 4. The number of ketones is 1. The van der Waals surface area contributed by atoms with Gasteiger partial charge < -0.3 is 34.2 Å². The minimum absolute atomic E-state index is 0. The minimum Gasteiger partial charge on any atom is -1.00 e. The van der Waals surface area contributed by atoms with Gasteiger partial charge >= 0.3 is 0 Å². The molecule has 0 spiro atoms.